The molecule has 1 aromatic heterocycles. The van der Waals surface area contributed by atoms with Gasteiger partial charge in [-0.25, -0.2) is 0 Å². The summed E-state index contributed by atoms with van der Waals surface area (Å²) in [6, 6.07) is 12.5. The Morgan fingerprint density at radius 2 is 2.05 bits per heavy atom. The average molecular weight is 288 g/mol. The second kappa shape index (κ2) is 6.73. The van der Waals surface area contributed by atoms with Crippen molar-refractivity contribution in [2.45, 2.75) is 6.92 Å². The third-order valence-electron chi connectivity index (χ3n) is 2.63. The molecule has 0 aliphatic heterocycles. The van der Waals surface area contributed by atoms with Gasteiger partial charge >= 0.3 is 0 Å². The first-order valence-corrected chi connectivity index (χ1v) is 6.48. The first kappa shape index (κ1) is 14.1. The molecule has 0 aliphatic carbocycles. The number of hydrogen-bond acceptors (Lipinski definition) is 3. The Hall–Kier alpha value is -2.33. The summed E-state index contributed by atoms with van der Waals surface area (Å²) in [5.74, 6) is -0.299. The van der Waals surface area contributed by atoms with Crippen LogP contribution >= 0.6 is 11.6 Å². The first-order valence-electron chi connectivity index (χ1n) is 6.10. The molecule has 1 amide bonds. The van der Waals surface area contributed by atoms with E-state index in [0.29, 0.717) is 10.7 Å². The topological polar surface area (TPSA) is 54.0 Å². The van der Waals surface area contributed by atoms with Gasteiger partial charge in [0.1, 0.15) is 5.69 Å². The molecule has 0 bridgehead atoms. The average Bonchev–Trinajstić information content (AvgIpc) is 2.48. The van der Waals surface area contributed by atoms with Gasteiger partial charge in [-0.2, -0.15) is 0 Å². The summed E-state index contributed by atoms with van der Waals surface area (Å²) in [6.45, 7) is 1.87. The zero-order valence-corrected chi connectivity index (χ0v) is 11.7. The Kier molecular flexibility index (Phi) is 4.74. The standard InChI is InChI=1S/C15H14ClN3O/c1-2-13(11-6-5-7-12(16)10-11)18-19-15(20)14-8-3-4-9-17-14/h2-10,18H,1H3,(H,19,20). The Morgan fingerprint density at radius 3 is 2.70 bits per heavy atom. The summed E-state index contributed by atoms with van der Waals surface area (Å²) >= 11 is 5.95. The van der Waals surface area contributed by atoms with Crippen molar-refractivity contribution in [1.29, 1.82) is 0 Å². The van der Waals surface area contributed by atoms with E-state index in [9.17, 15) is 4.79 Å². The third kappa shape index (κ3) is 3.59. The Labute approximate surface area is 122 Å². The molecule has 20 heavy (non-hydrogen) atoms. The Morgan fingerprint density at radius 1 is 1.20 bits per heavy atom. The van der Waals surface area contributed by atoms with Gasteiger partial charge in [-0.05, 0) is 31.2 Å². The normalized spacial score (nSPS) is 11.0. The van der Waals surface area contributed by atoms with Crippen LogP contribution in [0.1, 0.15) is 23.0 Å². The summed E-state index contributed by atoms with van der Waals surface area (Å²) in [5.41, 5.74) is 7.48. The Bertz CT molecular complexity index is 626. The number of aromatic nitrogens is 1. The van der Waals surface area contributed by atoms with Crippen LogP contribution in [-0.2, 0) is 0 Å². The van der Waals surface area contributed by atoms with Gasteiger partial charge in [-0.15, -0.1) is 0 Å². The second-order valence-electron chi connectivity index (χ2n) is 4.01. The van der Waals surface area contributed by atoms with Crippen LogP contribution in [0.15, 0.2) is 54.7 Å². The zero-order chi connectivity index (χ0) is 14.4. The fourth-order valence-electron chi connectivity index (χ4n) is 1.65. The number of carbonyl (C=O) groups excluding carboxylic acids is 1. The van der Waals surface area contributed by atoms with Crippen molar-refractivity contribution in [2.24, 2.45) is 0 Å². The lowest BCUT2D eigenvalue weighted by Gasteiger charge is -2.12. The molecule has 0 fully saturated rings. The molecule has 2 N–H and O–H groups in total. The number of amides is 1. The van der Waals surface area contributed by atoms with Gasteiger partial charge in [0.15, 0.2) is 0 Å². The van der Waals surface area contributed by atoms with Crippen LogP contribution in [0.3, 0.4) is 0 Å². The number of rotatable bonds is 4. The number of halogens is 1. The van der Waals surface area contributed by atoms with Crippen molar-refractivity contribution in [2.75, 3.05) is 0 Å². The number of hydrazine groups is 1. The van der Waals surface area contributed by atoms with E-state index in [4.69, 9.17) is 11.6 Å². The summed E-state index contributed by atoms with van der Waals surface area (Å²) in [4.78, 5) is 15.9. The lowest BCUT2D eigenvalue weighted by molar-refractivity contribution is 0.0937. The van der Waals surface area contributed by atoms with Crippen molar-refractivity contribution in [3.8, 4) is 0 Å². The van der Waals surface area contributed by atoms with Gasteiger partial charge in [0, 0.05) is 16.8 Å². The number of nitrogens with zero attached hydrogens (tertiary/aromatic N) is 1. The largest absolute Gasteiger partial charge is 0.298 e. The number of pyridine rings is 1. The van der Waals surface area contributed by atoms with E-state index in [1.54, 1.807) is 30.5 Å². The molecule has 4 nitrogen and oxygen atoms in total. The lowest BCUT2D eigenvalue weighted by Crippen LogP contribution is -2.36. The molecule has 5 heteroatoms. The summed E-state index contributed by atoms with van der Waals surface area (Å²) in [6.07, 6.45) is 3.42. The predicted molar refractivity (Wildman–Crippen MR) is 79.9 cm³/mol. The minimum Gasteiger partial charge on any atom is -0.298 e. The third-order valence-corrected chi connectivity index (χ3v) is 2.87. The number of carbonyl (C=O) groups is 1. The molecule has 0 saturated carbocycles. The van der Waals surface area contributed by atoms with Crippen molar-refractivity contribution < 1.29 is 4.79 Å². The van der Waals surface area contributed by atoms with E-state index in [2.05, 4.69) is 15.8 Å². The van der Waals surface area contributed by atoms with Crippen LogP contribution in [0.25, 0.3) is 5.70 Å². The molecule has 1 heterocycles. The van der Waals surface area contributed by atoms with E-state index in [-0.39, 0.29) is 5.91 Å². The molecule has 0 radical (unpaired) electrons. The molecule has 0 spiro atoms. The zero-order valence-electron chi connectivity index (χ0n) is 10.9. The van der Waals surface area contributed by atoms with E-state index in [1.165, 1.54) is 0 Å². The van der Waals surface area contributed by atoms with Crippen molar-refractivity contribution in [1.82, 2.24) is 15.8 Å². The lowest BCUT2D eigenvalue weighted by atomic mass is 10.1. The second-order valence-corrected chi connectivity index (χ2v) is 4.44. The minimum absolute atomic E-state index is 0.299. The fraction of sp³-hybridized carbons (Fsp3) is 0.0667. The quantitative estimate of drug-likeness (QED) is 0.850. The molecule has 2 rings (SSSR count). The number of allylic oxidation sites excluding steroid dienone is 1. The molecule has 1 aromatic carbocycles. The maximum Gasteiger partial charge on any atom is 0.288 e. The van der Waals surface area contributed by atoms with Crippen LogP contribution in [0.2, 0.25) is 5.02 Å². The van der Waals surface area contributed by atoms with Crippen LogP contribution in [0, 0.1) is 0 Å². The van der Waals surface area contributed by atoms with Crippen LogP contribution in [-0.4, -0.2) is 10.9 Å². The molecular weight excluding hydrogens is 274 g/mol. The van der Waals surface area contributed by atoms with Crippen LogP contribution in [0.4, 0.5) is 0 Å². The summed E-state index contributed by atoms with van der Waals surface area (Å²) in [7, 11) is 0. The molecule has 0 atom stereocenters. The first-order chi connectivity index (χ1) is 9.70. The number of benzene rings is 1. The van der Waals surface area contributed by atoms with Crippen LogP contribution in [0.5, 0.6) is 0 Å². The summed E-state index contributed by atoms with van der Waals surface area (Å²) in [5, 5.41) is 0.639. The smallest absolute Gasteiger partial charge is 0.288 e. The monoisotopic (exact) mass is 287 g/mol. The van der Waals surface area contributed by atoms with Gasteiger partial charge in [0.25, 0.3) is 5.91 Å². The molecule has 2 aromatic rings. The van der Waals surface area contributed by atoms with E-state index in [1.807, 2.05) is 31.2 Å². The molecule has 102 valence electrons. The molecular formula is C15H14ClN3O. The van der Waals surface area contributed by atoms with Crippen molar-refractivity contribution in [3.63, 3.8) is 0 Å². The van der Waals surface area contributed by atoms with Gasteiger partial charge < -0.3 is 0 Å². The van der Waals surface area contributed by atoms with E-state index >= 15 is 0 Å². The van der Waals surface area contributed by atoms with E-state index in [0.717, 1.165) is 11.3 Å². The highest BCUT2D eigenvalue weighted by Crippen LogP contribution is 2.16. The van der Waals surface area contributed by atoms with Crippen molar-refractivity contribution in [3.05, 3.63) is 71.0 Å². The maximum absolute atomic E-state index is 11.9. The predicted octanol–water partition coefficient (Wildman–Crippen LogP) is 3.03. The van der Waals surface area contributed by atoms with Gasteiger partial charge in [0.2, 0.25) is 0 Å². The van der Waals surface area contributed by atoms with Gasteiger partial charge in [0.05, 0.1) is 5.70 Å². The summed E-state index contributed by atoms with van der Waals surface area (Å²) < 4.78 is 0. The highest BCUT2D eigenvalue weighted by molar-refractivity contribution is 6.30. The number of hydrogen-bond donors (Lipinski definition) is 2. The number of nitrogens with one attached hydrogen (secondary N) is 2. The van der Waals surface area contributed by atoms with E-state index < -0.39 is 0 Å². The SMILES string of the molecule is CC=C(NNC(=O)c1ccccn1)c1cccc(Cl)c1. The molecule has 0 unspecified atom stereocenters. The van der Waals surface area contributed by atoms with Crippen molar-refractivity contribution >= 4 is 23.2 Å². The highest BCUT2D eigenvalue weighted by atomic mass is 35.5. The maximum atomic E-state index is 11.9. The Balaban J connectivity index is 2.04. The van der Waals surface area contributed by atoms with Crippen LogP contribution < -0.4 is 10.9 Å². The fourth-order valence-corrected chi connectivity index (χ4v) is 1.84. The van der Waals surface area contributed by atoms with Gasteiger partial charge in [-0.1, -0.05) is 35.9 Å². The van der Waals surface area contributed by atoms with Gasteiger partial charge in [-0.3, -0.25) is 20.6 Å². The highest BCUT2D eigenvalue weighted by Gasteiger charge is 2.07. The minimum atomic E-state index is -0.299. The molecule has 0 aliphatic rings. The molecule has 0 saturated heterocycles.